The van der Waals surface area contributed by atoms with Crippen LogP contribution in [0.25, 0.3) is 0 Å². The highest BCUT2D eigenvalue weighted by molar-refractivity contribution is 5.94. The van der Waals surface area contributed by atoms with Crippen LogP contribution in [0.15, 0.2) is 24.3 Å². The monoisotopic (exact) mass is 277 g/mol. The van der Waals surface area contributed by atoms with Crippen molar-refractivity contribution in [1.29, 1.82) is 0 Å². The summed E-state index contributed by atoms with van der Waals surface area (Å²) >= 11 is 0. The van der Waals surface area contributed by atoms with Gasteiger partial charge in [0, 0.05) is 18.7 Å². The third kappa shape index (κ3) is 4.21. The largest absolute Gasteiger partial charge is 0.492 e. The minimum Gasteiger partial charge on any atom is -0.492 e. The van der Waals surface area contributed by atoms with Gasteiger partial charge >= 0.3 is 0 Å². The van der Waals surface area contributed by atoms with E-state index in [9.17, 15) is 4.79 Å². The molecule has 0 aliphatic heterocycles. The lowest BCUT2D eigenvalue weighted by atomic mass is 9.85. The number of carbonyl (C=O) groups excluding carboxylic acids is 1. The van der Waals surface area contributed by atoms with E-state index in [-0.39, 0.29) is 5.91 Å². The Kier molecular flexibility index (Phi) is 5.38. The molecule has 0 heterocycles. The van der Waals surface area contributed by atoms with Gasteiger partial charge in [-0.1, -0.05) is 12.5 Å². The van der Waals surface area contributed by atoms with Gasteiger partial charge in [-0.05, 0) is 44.0 Å². The number of ether oxygens (including phenoxy) is 1. The fourth-order valence-corrected chi connectivity index (χ4v) is 2.34. The molecule has 0 bridgehead atoms. The predicted molar refractivity (Wildman–Crippen MR) is 78.4 cm³/mol. The Morgan fingerprint density at radius 3 is 2.95 bits per heavy atom. The fraction of sp³-hybridized carbons (Fsp3) is 0.533. The van der Waals surface area contributed by atoms with Gasteiger partial charge in [0.05, 0.1) is 0 Å². The maximum atomic E-state index is 11.4. The average Bonchev–Trinajstić information content (AvgIpc) is 2.42. The number of benzene rings is 1. The molecule has 20 heavy (non-hydrogen) atoms. The van der Waals surface area contributed by atoms with Gasteiger partial charge in [-0.3, -0.25) is 10.2 Å². The van der Waals surface area contributed by atoms with E-state index in [1.807, 2.05) is 6.07 Å². The highest BCUT2D eigenvalue weighted by Crippen LogP contribution is 2.26. The van der Waals surface area contributed by atoms with Crippen LogP contribution in [0.5, 0.6) is 5.75 Å². The zero-order chi connectivity index (χ0) is 14.4. The topological polar surface area (TPSA) is 67.6 Å². The van der Waals surface area contributed by atoms with E-state index >= 15 is 0 Å². The molecule has 0 spiro atoms. The van der Waals surface area contributed by atoms with E-state index in [1.165, 1.54) is 19.3 Å². The highest BCUT2D eigenvalue weighted by Gasteiger charge is 2.18. The van der Waals surface area contributed by atoms with Crippen molar-refractivity contribution < 1.29 is 9.53 Å². The summed E-state index contributed by atoms with van der Waals surface area (Å²) in [5.41, 5.74) is 2.62. The second kappa shape index (κ2) is 7.26. The molecular formula is C15H23N3O2. The number of amides is 1. The number of hydrogen-bond donors (Lipinski definition) is 2. The van der Waals surface area contributed by atoms with Crippen LogP contribution in [0.3, 0.4) is 0 Å². The second-order valence-corrected chi connectivity index (χ2v) is 5.41. The summed E-state index contributed by atoms with van der Waals surface area (Å²) in [6.45, 7) is 2.67. The molecule has 3 N–H and O–H groups in total. The predicted octanol–water partition coefficient (Wildman–Crippen LogP) is 1.40. The molecule has 0 saturated heterocycles. The molecule has 1 aromatic carbocycles. The molecule has 0 aromatic heterocycles. The number of hydrazine groups is 1. The van der Waals surface area contributed by atoms with E-state index in [1.54, 1.807) is 18.2 Å². The third-order valence-electron chi connectivity index (χ3n) is 3.76. The lowest BCUT2D eigenvalue weighted by Crippen LogP contribution is -2.32. The summed E-state index contributed by atoms with van der Waals surface area (Å²) < 4.78 is 5.68. The minimum atomic E-state index is -0.308. The molecule has 2 rings (SSSR count). The van der Waals surface area contributed by atoms with E-state index in [0.29, 0.717) is 17.9 Å². The Morgan fingerprint density at radius 1 is 1.50 bits per heavy atom. The van der Waals surface area contributed by atoms with Crippen molar-refractivity contribution in [2.45, 2.75) is 19.3 Å². The van der Waals surface area contributed by atoms with Crippen LogP contribution in [0.4, 0.5) is 0 Å². The molecule has 0 radical (unpaired) electrons. The summed E-state index contributed by atoms with van der Waals surface area (Å²) in [6, 6.07) is 7.04. The normalized spacial score (nSPS) is 14.9. The lowest BCUT2D eigenvalue weighted by Gasteiger charge is -2.30. The summed E-state index contributed by atoms with van der Waals surface area (Å²) in [4.78, 5) is 13.7. The first-order chi connectivity index (χ1) is 9.69. The number of nitrogens with one attached hydrogen (secondary N) is 1. The number of rotatable bonds is 7. The number of nitrogens with two attached hydrogens (primary N) is 1. The molecule has 0 unspecified atom stereocenters. The summed E-state index contributed by atoms with van der Waals surface area (Å²) in [7, 11) is 2.12. The first-order valence-corrected chi connectivity index (χ1v) is 7.11. The molecule has 5 heteroatoms. The Labute approximate surface area is 120 Å². The molecule has 5 nitrogen and oxygen atoms in total. The van der Waals surface area contributed by atoms with E-state index < -0.39 is 0 Å². The van der Waals surface area contributed by atoms with Crippen LogP contribution in [0.2, 0.25) is 0 Å². The number of carbonyl (C=O) groups is 1. The maximum Gasteiger partial charge on any atom is 0.265 e. The minimum absolute atomic E-state index is 0.308. The smallest absolute Gasteiger partial charge is 0.265 e. The van der Waals surface area contributed by atoms with E-state index in [0.717, 1.165) is 19.0 Å². The fourth-order valence-electron chi connectivity index (χ4n) is 2.34. The van der Waals surface area contributed by atoms with Crippen LogP contribution in [-0.4, -0.2) is 37.6 Å². The van der Waals surface area contributed by atoms with Gasteiger partial charge in [-0.25, -0.2) is 5.84 Å². The van der Waals surface area contributed by atoms with Crippen LogP contribution in [0, 0.1) is 5.92 Å². The molecule has 1 aliphatic rings. The first kappa shape index (κ1) is 14.8. The van der Waals surface area contributed by atoms with Gasteiger partial charge in [0.25, 0.3) is 5.91 Å². The van der Waals surface area contributed by atoms with Crippen molar-refractivity contribution in [1.82, 2.24) is 10.3 Å². The third-order valence-corrected chi connectivity index (χ3v) is 3.76. The van der Waals surface area contributed by atoms with Crippen LogP contribution in [0.1, 0.15) is 29.6 Å². The maximum absolute atomic E-state index is 11.4. The van der Waals surface area contributed by atoms with Gasteiger partial charge in [0.2, 0.25) is 0 Å². The standard InChI is InChI=1S/C15H23N3O2/c1-18(11-12-4-2-5-12)8-9-20-14-7-3-6-13(10-14)15(19)17-16/h3,6-7,10,12H,2,4-5,8-9,11,16H2,1H3,(H,17,19). The molecule has 0 atom stereocenters. The Morgan fingerprint density at radius 2 is 2.30 bits per heavy atom. The number of nitrogen functional groups attached to an aromatic ring is 1. The van der Waals surface area contributed by atoms with Crippen molar-refractivity contribution in [3.05, 3.63) is 29.8 Å². The molecule has 1 aliphatic carbocycles. The molecule has 1 amide bonds. The number of hydrogen-bond acceptors (Lipinski definition) is 4. The van der Waals surface area contributed by atoms with Gasteiger partial charge in [0.1, 0.15) is 12.4 Å². The van der Waals surface area contributed by atoms with E-state index in [2.05, 4.69) is 17.4 Å². The quantitative estimate of drug-likeness (QED) is 0.449. The highest BCUT2D eigenvalue weighted by atomic mass is 16.5. The molecule has 110 valence electrons. The van der Waals surface area contributed by atoms with Crippen LogP contribution >= 0.6 is 0 Å². The van der Waals surface area contributed by atoms with Crippen LogP contribution in [-0.2, 0) is 0 Å². The second-order valence-electron chi connectivity index (χ2n) is 5.41. The Hall–Kier alpha value is -1.59. The molecular weight excluding hydrogens is 254 g/mol. The number of likely N-dealkylation sites (N-methyl/N-ethyl adjacent to an activating group) is 1. The van der Waals surface area contributed by atoms with Crippen molar-refractivity contribution in [2.75, 3.05) is 26.7 Å². The molecule has 1 saturated carbocycles. The van der Waals surface area contributed by atoms with Gasteiger partial charge < -0.3 is 9.64 Å². The van der Waals surface area contributed by atoms with E-state index in [4.69, 9.17) is 10.6 Å². The first-order valence-electron chi connectivity index (χ1n) is 7.11. The summed E-state index contributed by atoms with van der Waals surface area (Å²) in [5.74, 6) is 6.37. The zero-order valence-corrected chi connectivity index (χ0v) is 12.0. The van der Waals surface area contributed by atoms with Gasteiger partial charge in [-0.2, -0.15) is 0 Å². The zero-order valence-electron chi connectivity index (χ0n) is 12.0. The van der Waals surface area contributed by atoms with Crippen molar-refractivity contribution in [3.8, 4) is 5.75 Å². The van der Waals surface area contributed by atoms with Crippen LogP contribution < -0.4 is 16.0 Å². The van der Waals surface area contributed by atoms with Gasteiger partial charge in [-0.15, -0.1) is 0 Å². The molecule has 1 aromatic rings. The van der Waals surface area contributed by atoms with Crippen molar-refractivity contribution >= 4 is 5.91 Å². The Bertz CT molecular complexity index is 446. The SMILES string of the molecule is CN(CCOc1cccc(C(=O)NN)c1)CC1CCC1. The summed E-state index contributed by atoms with van der Waals surface area (Å²) in [5, 5.41) is 0. The molecule has 1 fully saturated rings. The Balaban J connectivity index is 1.74. The summed E-state index contributed by atoms with van der Waals surface area (Å²) in [6.07, 6.45) is 4.11. The van der Waals surface area contributed by atoms with Gasteiger partial charge in [0.15, 0.2) is 0 Å². The average molecular weight is 277 g/mol. The van der Waals surface area contributed by atoms with Crippen molar-refractivity contribution in [3.63, 3.8) is 0 Å². The van der Waals surface area contributed by atoms with Crippen molar-refractivity contribution in [2.24, 2.45) is 11.8 Å². The number of nitrogens with zero attached hydrogens (tertiary/aromatic N) is 1. The lowest BCUT2D eigenvalue weighted by molar-refractivity contribution is 0.0953.